The van der Waals surface area contributed by atoms with Crippen molar-refractivity contribution in [3.05, 3.63) is 89.0 Å². The molecule has 0 amide bonds. The smallest absolute Gasteiger partial charge is 0.338 e. The Hall–Kier alpha value is -3.32. The van der Waals surface area contributed by atoms with E-state index in [4.69, 9.17) is 9.47 Å². The SMILES string of the molecule is COc1ccccc1N(C)S(=O)(=O)c1ccc(C(=O)OCc2cc(C)cc(C)c2)cc1. The number of methoxy groups -OCH3 is 1. The van der Waals surface area contributed by atoms with E-state index in [9.17, 15) is 13.2 Å². The van der Waals surface area contributed by atoms with E-state index >= 15 is 0 Å². The van der Waals surface area contributed by atoms with Crippen LogP contribution in [0.25, 0.3) is 0 Å². The molecule has 0 bridgehead atoms. The van der Waals surface area contributed by atoms with E-state index in [1.807, 2.05) is 32.0 Å². The van der Waals surface area contributed by atoms with Gasteiger partial charge >= 0.3 is 5.97 Å². The van der Waals surface area contributed by atoms with E-state index in [0.29, 0.717) is 11.4 Å². The van der Waals surface area contributed by atoms with Crippen molar-refractivity contribution in [3.8, 4) is 5.75 Å². The monoisotopic (exact) mass is 439 g/mol. The Balaban J connectivity index is 1.74. The predicted molar refractivity (Wildman–Crippen MR) is 120 cm³/mol. The Morgan fingerprint density at radius 1 is 0.935 bits per heavy atom. The first-order chi connectivity index (χ1) is 14.7. The van der Waals surface area contributed by atoms with E-state index in [1.165, 1.54) is 38.4 Å². The standard InChI is InChI=1S/C24H25NO5S/c1-17-13-18(2)15-19(14-17)16-30-24(26)20-9-11-21(12-10-20)31(27,28)25(3)22-7-5-6-8-23(22)29-4/h5-15H,16H2,1-4H3. The van der Waals surface area contributed by atoms with Crippen LogP contribution in [0.3, 0.4) is 0 Å². The highest BCUT2D eigenvalue weighted by Crippen LogP contribution is 2.30. The summed E-state index contributed by atoms with van der Waals surface area (Å²) in [6, 6.07) is 18.5. The zero-order valence-corrected chi connectivity index (χ0v) is 18.8. The minimum absolute atomic E-state index is 0.0618. The van der Waals surface area contributed by atoms with Gasteiger partial charge in [0.2, 0.25) is 0 Å². The van der Waals surface area contributed by atoms with Crippen LogP contribution in [0.15, 0.2) is 71.6 Å². The number of carbonyl (C=O) groups is 1. The van der Waals surface area contributed by atoms with E-state index < -0.39 is 16.0 Å². The first-order valence-corrected chi connectivity index (χ1v) is 11.1. The summed E-state index contributed by atoms with van der Waals surface area (Å²) in [6.07, 6.45) is 0. The fraction of sp³-hybridized carbons (Fsp3) is 0.208. The van der Waals surface area contributed by atoms with Crippen LogP contribution in [-0.4, -0.2) is 28.5 Å². The number of para-hydroxylation sites is 2. The lowest BCUT2D eigenvalue weighted by atomic mass is 10.1. The predicted octanol–water partition coefficient (Wildman–Crippen LogP) is 4.49. The number of rotatable bonds is 7. The molecule has 0 N–H and O–H groups in total. The Morgan fingerprint density at radius 3 is 2.16 bits per heavy atom. The zero-order valence-electron chi connectivity index (χ0n) is 18.0. The Morgan fingerprint density at radius 2 is 1.55 bits per heavy atom. The Kier molecular flexibility index (Phi) is 6.65. The molecule has 0 spiro atoms. The van der Waals surface area contributed by atoms with Crippen LogP contribution in [0.2, 0.25) is 0 Å². The lowest BCUT2D eigenvalue weighted by Crippen LogP contribution is -2.27. The molecule has 162 valence electrons. The number of esters is 1. The lowest BCUT2D eigenvalue weighted by Gasteiger charge is -2.21. The summed E-state index contributed by atoms with van der Waals surface area (Å²) in [4.78, 5) is 12.5. The van der Waals surface area contributed by atoms with Crippen LogP contribution < -0.4 is 9.04 Å². The molecule has 0 fully saturated rings. The number of sulfonamides is 1. The highest BCUT2D eigenvalue weighted by atomic mass is 32.2. The largest absolute Gasteiger partial charge is 0.495 e. The van der Waals surface area contributed by atoms with Crippen LogP contribution in [-0.2, 0) is 21.4 Å². The molecule has 0 heterocycles. The van der Waals surface area contributed by atoms with Gasteiger partial charge in [-0.3, -0.25) is 4.31 Å². The molecule has 0 atom stereocenters. The molecule has 7 heteroatoms. The number of anilines is 1. The normalized spacial score (nSPS) is 11.1. The second kappa shape index (κ2) is 9.22. The summed E-state index contributed by atoms with van der Waals surface area (Å²) >= 11 is 0. The molecule has 3 aromatic carbocycles. The summed E-state index contributed by atoms with van der Waals surface area (Å²) in [5.41, 5.74) is 3.80. The molecule has 3 aromatic rings. The maximum atomic E-state index is 13.0. The van der Waals surface area contributed by atoms with Gasteiger partial charge in [-0.15, -0.1) is 0 Å². The van der Waals surface area contributed by atoms with Gasteiger partial charge in [0.1, 0.15) is 12.4 Å². The number of nitrogens with zero attached hydrogens (tertiary/aromatic N) is 1. The van der Waals surface area contributed by atoms with Gasteiger partial charge in [0.05, 0.1) is 23.3 Å². The fourth-order valence-electron chi connectivity index (χ4n) is 3.33. The van der Waals surface area contributed by atoms with Crippen LogP contribution in [0.4, 0.5) is 5.69 Å². The minimum atomic E-state index is -3.83. The van der Waals surface area contributed by atoms with Crippen LogP contribution in [0, 0.1) is 13.8 Å². The molecule has 0 radical (unpaired) electrons. The molecule has 6 nitrogen and oxygen atoms in total. The Labute approximate surface area is 183 Å². The third-order valence-electron chi connectivity index (χ3n) is 4.82. The van der Waals surface area contributed by atoms with Gasteiger partial charge in [-0.05, 0) is 55.8 Å². The second-order valence-electron chi connectivity index (χ2n) is 7.24. The molecule has 0 aliphatic heterocycles. The molecule has 0 aliphatic rings. The molecule has 0 saturated heterocycles. The molecule has 31 heavy (non-hydrogen) atoms. The van der Waals surface area contributed by atoms with Crippen molar-refractivity contribution in [1.82, 2.24) is 0 Å². The van der Waals surface area contributed by atoms with Gasteiger partial charge in [-0.1, -0.05) is 41.5 Å². The summed E-state index contributed by atoms with van der Waals surface area (Å²) in [6.45, 7) is 4.12. The van der Waals surface area contributed by atoms with E-state index in [0.717, 1.165) is 21.0 Å². The van der Waals surface area contributed by atoms with E-state index in [2.05, 4.69) is 0 Å². The first kappa shape index (κ1) is 22.4. The van der Waals surface area contributed by atoms with Gasteiger partial charge in [0, 0.05) is 7.05 Å². The summed E-state index contributed by atoms with van der Waals surface area (Å²) in [7, 11) is -0.889. The molecule has 0 unspecified atom stereocenters. The van der Waals surface area contributed by atoms with Gasteiger partial charge in [0.25, 0.3) is 10.0 Å². The van der Waals surface area contributed by atoms with Crippen LogP contribution >= 0.6 is 0 Å². The number of aryl methyl sites for hydroxylation is 2. The fourth-order valence-corrected chi connectivity index (χ4v) is 4.53. The lowest BCUT2D eigenvalue weighted by molar-refractivity contribution is 0.0472. The average Bonchev–Trinajstić information content (AvgIpc) is 2.76. The van der Waals surface area contributed by atoms with Crippen LogP contribution in [0.1, 0.15) is 27.0 Å². The van der Waals surface area contributed by atoms with Crippen molar-refractivity contribution < 1.29 is 22.7 Å². The van der Waals surface area contributed by atoms with E-state index in [-0.39, 0.29) is 17.1 Å². The molecule has 0 aliphatic carbocycles. The first-order valence-electron chi connectivity index (χ1n) is 9.68. The summed E-state index contributed by atoms with van der Waals surface area (Å²) < 4.78 is 37.8. The van der Waals surface area contributed by atoms with Gasteiger partial charge in [-0.2, -0.15) is 0 Å². The number of hydrogen-bond acceptors (Lipinski definition) is 5. The third-order valence-corrected chi connectivity index (χ3v) is 6.61. The molecular weight excluding hydrogens is 414 g/mol. The molecule has 0 aromatic heterocycles. The van der Waals surface area contributed by atoms with Gasteiger partial charge in [-0.25, -0.2) is 13.2 Å². The molecular formula is C24H25NO5S. The number of benzene rings is 3. The van der Waals surface area contributed by atoms with Crippen molar-refractivity contribution in [3.63, 3.8) is 0 Å². The van der Waals surface area contributed by atoms with Crippen molar-refractivity contribution in [2.24, 2.45) is 0 Å². The maximum absolute atomic E-state index is 13.0. The summed E-state index contributed by atoms with van der Waals surface area (Å²) in [5, 5.41) is 0. The summed E-state index contributed by atoms with van der Waals surface area (Å²) in [5.74, 6) is -0.0682. The minimum Gasteiger partial charge on any atom is -0.495 e. The highest BCUT2D eigenvalue weighted by molar-refractivity contribution is 7.92. The number of hydrogen-bond donors (Lipinski definition) is 0. The Bertz CT molecular complexity index is 1170. The van der Waals surface area contributed by atoms with Crippen molar-refractivity contribution in [2.45, 2.75) is 25.3 Å². The number of ether oxygens (including phenoxy) is 2. The number of carbonyl (C=O) groups excluding carboxylic acids is 1. The molecule has 3 rings (SSSR count). The van der Waals surface area contributed by atoms with Crippen molar-refractivity contribution in [2.75, 3.05) is 18.5 Å². The van der Waals surface area contributed by atoms with Crippen LogP contribution in [0.5, 0.6) is 5.75 Å². The van der Waals surface area contributed by atoms with E-state index in [1.54, 1.807) is 24.3 Å². The van der Waals surface area contributed by atoms with Gasteiger partial charge in [0.15, 0.2) is 0 Å². The highest BCUT2D eigenvalue weighted by Gasteiger charge is 2.24. The third kappa shape index (κ3) is 5.06. The quantitative estimate of drug-likeness (QED) is 0.507. The maximum Gasteiger partial charge on any atom is 0.338 e. The van der Waals surface area contributed by atoms with Gasteiger partial charge < -0.3 is 9.47 Å². The zero-order chi connectivity index (χ0) is 22.6. The molecule has 0 saturated carbocycles. The topological polar surface area (TPSA) is 72.9 Å². The second-order valence-corrected chi connectivity index (χ2v) is 9.21. The average molecular weight is 440 g/mol. The van der Waals surface area contributed by atoms with Crippen molar-refractivity contribution >= 4 is 21.7 Å². The van der Waals surface area contributed by atoms with Crippen molar-refractivity contribution in [1.29, 1.82) is 0 Å².